The van der Waals surface area contributed by atoms with Gasteiger partial charge in [0.05, 0.1) is 9.85 Å². The van der Waals surface area contributed by atoms with Crippen LogP contribution < -0.4 is 4.90 Å². The number of thiophene rings is 1. The van der Waals surface area contributed by atoms with Crippen molar-refractivity contribution in [3.05, 3.63) is 24.0 Å². The van der Waals surface area contributed by atoms with Crippen LogP contribution in [0.15, 0.2) is 3.79 Å². The molecule has 0 N–H and O–H groups in total. The lowest BCUT2D eigenvalue weighted by molar-refractivity contribution is -0.421. The lowest BCUT2D eigenvalue weighted by Crippen LogP contribution is -2.32. The molecule has 2 heterocycles. The van der Waals surface area contributed by atoms with E-state index in [-0.39, 0.29) is 3.79 Å². The predicted molar refractivity (Wildman–Crippen MR) is 74.9 cm³/mol. The molecule has 1 aliphatic heterocycles. The number of halogens is 1. The highest BCUT2D eigenvalue weighted by Crippen LogP contribution is 2.50. The van der Waals surface area contributed by atoms with E-state index in [0.717, 1.165) is 22.8 Å². The normalized spacial score (nSPS) is 15.7. The minimum Gasteiger partial charge on any atom is -0.356 e. The summed E-state index contributed by atoms with van der Waals surface area (Å²) in [5, 5.41) is 22.3. The maximum atomic E-state index is 11.1. The Balaban J connectivity index is 2.49. The van der Waals surface area contributed by atoms with Gasteiger partial charge in [-0.15, -0.1) is 0 Å². The van der Waals surface area contributed by atoms with Crippen LogP contribution >= 0.6 is 39.0 Å². The number of anilines is 1. The first-order valence-corrected chi connectivity index (χ1v) is 7.72. The van der Waals surface area contributed by atoms with Crippen molar-refractivity contribution in [3.63, 3.8) is 0 Å². The van der Waals surface area contributed by atoms with E-state index in [9.17, 15) is 20.2 Å². The van der Waals surface area contributed by atoms with Crippen LogP contribution in [0.5, 0.6) is 0 Å². The summed E-state index contributed by atoms with van der Waals surface area (Å²) in [5.74, 6) is 1.75. The smallest absolute Gasteiger partial charge is 0.356 e. The van der Waals surface area contributed by atoms with Gasteiger partial charge in [-0.3, -0.25) is 20.2 Å². The van der Waals surface area contributed by atoms with E-state index < -0.39 is 21.2 Å². The molecule has 1 saturated heterocycles. The topological polar surface area (TPSA) is 89.5 Å². The Hall–Kier alpha value is -0.870. The largest absolute Gasteiger partial charge is 0.381 e. The first-order valence-electron chi connectivity index (χ1n) is 4.96. The minimum atomic E-state index is -0.707. The van der Waals surface area contributed by atoms with E-state index >= 15 is 0 Å². The van der Waals surface area contributed by atoms with Crippen molar-refractivity contribution in [2.75, 3.05) is 29.5 Å². The first kappa shape index (κ1) is 13.6. The van der Waals surface area contributed by atoms with Crippen LogP contribution in [0.3, 0.4) is 0 Å². The summed E-state index contributed by atoms with van der Waals surface area (Å²) < 4.78 is 0.201. The zero-order valence-corrected chi connectivity index (χ0v) is 12.2. The summed E-state index contributed by atoms with van der Waals surface area (Å²) in [6, 6.07) is 0. The van der Waals surface area contributed by atoms with E-state index in [4.69, 9.17) is 0 Å². The number of thioether (sulfide) groups is 1. The minimum absolute atomic E-state index is 0.201. The average Bonchev–Trinajstić information content (AvgIpc) is 2.68. The zero-order valence-electron chi connectivity index (χ0n) is 9.00. The monoisotopic (exact) mass is 353 g/mol. The molecule has 0 saturated carbocycles. The molecule has 0 aromatic carbocycles. The zero-order chi connectivity index (χ0) is 13.3. The molecule has 0 spiro atoms. The van der Waals surface area contributed by atoms with Crippen molar-refractivity contribution in [2.24, 2.45) is 0 Å². The van der Waals surface area contributed by atoms with Gasteiger partial charge in [0, 0.05) is 24.6 Å². The Bertz CT molecular complexity index is 501. The fraction of sp³-hybridized carbons (Fsp3) is 0.500. The maximum absolute atomic E-state index is 11.1. The highest BCUT2D eigenvalue weighted by atomic mass is 79.9. The Labute approximate surface area is 119 Å². The summed E-state index contributed by atoms with van der Waals surface area (Å²) in [6.07, 6.45) is 0. The Morgan fingerprint density at radius 3 is 2.17 bits per heavy atom. The second-order valence-electron chi connectivity index (χ2n) is 3.49. The van der Waals surface area contributed by atoms with Crippen LogP contribution in [0, 0.1) is 20.2 Å². The van der Waals surface area contributed by atoms with Gasteiger partial charge in [-0.1, -0.05) is 11.3 Å². The molecule has 98 valence electrons. The summed E-state index contributed by atoms with van der Waals surface area (Å²) >= 11 is 5.87. The number of hydrogen-bond acceptors (Lipinski definition) is 7. The van der Waals surface area contributed by atoms with Gasteiger partial charge in [0.25, 0.3) is 0 Å². The van der Waals surface area contributed by atoms with Gasteiger partial charge in [0.1, 0.15) is 0 Å². The number of nitro groups is 2. The molecule has 0 unspecified atom stereocenters. The molecule has 0 aliphatic carbocycles. The highest BCUT2D eigenvalue weighted by Gasteiger charge is 2.38. The van der Waals surface area contributed by atoms with Gasteiger partial charge in [0.2, 0.25) is 0 Å². The first-order chi connectivity index (χ1) is 8.52. The van der Waals surface area contributed by atoms with E-state index in [0.29, 0.717) is 18.1 Å². The highest BCUT2D eigenvalue weighted by molar-refractivity contribution is 9.11. The van der Waals surface area contributed by atoms with Crippen molar-refractivity contribution in [1.82, 2.24) is 0 Å². The van der Waals surface area contributed by atoms with Gasteiger partial charge in [0.15, 0.2) is 8.79 Å². The molecular formula is C8H8BrN3O4S2. The molecule has 1 aromatic rings. The summed E-state index contributed by atoms with van der Waals surface area (Å²) in [7, 11) is 0. The van der Waals surface area contributed by atoms with Crippen LogP contribution in [0.1, 0.15) is 0 Å². The molecule has 1 aliphatic rings. The molecule has 0 amide bonds. The molecule has 1 aromatic heterocycles. The van der Waals surface area contributed by atoms with Crippen molar-refractivity contribution < 1.29 is 9.85 Å². The van der Waals surface area contributed by atoms with Crippen molar-refractivity contribution in [2.45, 2.75) is 0 Å². The van der Waals surface area contributed by atoms with Crippen LogP contribution in [0.2, 0.25) is 0 Å². The third kappa shape index (κ3) is 2.45. The SMILES string of the molecule is O=[N+]([O-])c1c(Br)sc(N2CCSCC2)c1[N+](=O)[O-]. The van der Waals surface area contributed by atoms with Gasteiger partial charge in [-0.2, -0.15) is 11.8 Å². The van der Waals surface area contributed by atoms with E-state index in [1.807, 2.05) is 4.90 Å². The molecule has 2 rings (SSSR count). The van der Waals surface area contributed by atoms with Crippen molar-refractivity contribution in [1.29, 1.82) is 0 Å². The summed E-state index contributed by atoms with van der Waals surface area (Å²) in [5.41, 5.74) is -0.845. The third-order valence-electron chi connectivity index (χ3n) is 2.46. The average molecular weight is 354 g/mol. The lowest BCUT2D eigenvalue weighted by atomic mass is 10.4. The Morgan fingerprint density at radius 2 is 1.67 bits per heavy atom. The van der Waals surface area contributed by atoms with E-state index in [1.165, 1.54) is 0 Å². The molecular weight excluding hydrogens is 346 g/mol. The standard InChI is InChI=1S/C8H8BrN3O4S2/c9-7-5(11(13)14)6(12(15)16)8(18-7)10-1-3-17-4-2-10/h1-4H2. The lowest BCUT2D eigenvalue weighted by Gasteiger charge is -2.25. The van der Waals surface area contributed by atoms with Gasteiger partial charge >= 0.3 is 11.4 Å². The van der Waals surface area contributed by atoms with Gasteiger partial charge < -0.3 is 4.90 Å². The van der Waals surface area contributed by atoms with Crippen molar-refractivity contribution >= 4 is 55.4 Å². The predicted octanol–water partition coefficient (Wildman–Crippen LogP) is 2.88. The molecule has 0 radical (unpaired) electrons. The molecule has 0 bridgehead atoms. The Morgan fingerprint density at radius 1 is 1.11 bits per heavy atom. The summed E-state index contributed by atoms with van der Waals surface area (Å²) in [6.45, 7) is 1.35. The fourth-order valence-corrected chi connectivity index (χ4v) is 4.39. The van der Waals surface area contributed by atoms with E-state index in [2.05, 4.69) is 15.9 Å². The second kappa shape index (κ2) is 5.41. The van der Waals surface area contributed by atoms with Gasteiger partial charge in [-0.25, -0.2) is 0 Å². The van der Waals surface area contributed by atoms with Crippen LogP contribution in [0.4, 0.5) is 16.4 Å². The fourth-order valence-electron chi connectivity index (χ4n) is 1.68. The maximum Gasteiger partial charge on any atom is 0.381 e. The Kier molecular flexibility index (Phi) is 4.07. The summed E-state index contributed by atoms with van der Waals surface area (Å²) in [4.78, 5) is 22.4. The van der Waals surface area contributed by atoms with Crippen LogP contribution in [-0.4, -0.2) is 34.4 Å². The molecule has 0 atom stereocenters. The molecule has 10 heteroatoms. The number of rotatable bonds is 3. The molecule has 1 fully saturated rings. The quantitative estimate of drug-likeness (QED) is 0.612. The van der Waals surface area contributed by atoms with Crippen LogP contribution in [-0.2, 0) is 0 Å². The van der Waals surface area contributed by atoms with Gasteiger partial charge in [-0.05, 0) is 15.9 Å². The number of hydrogen-bond donors (Lipinski definition) is 0. The van der Waals surface area contributed by atoms with Crippen LogP contribution in [0.25, 0.3) is 0 Å². The third-order valence-corrected chi connectivity index (χ3v) is 5.28. The molecule has 18 heavy (non-hydrogen) atoms. The van der Waals surface area contributed by atoms with E-state index in [1.54, 1.807) is 11.8 Å². The molecule has 7 nitrogen and oxygen atoms in total. The number of nitrogens with zero attached hydrogens (tertiary/aromatic N) is 3. The second-order valence-corrected chi connectivity index (χ2v) is 7.03. The van der Waals surface area contributed by atoms with Crippen molar-refractivity contribution in [3.8, 4) is 0 Å².